The van der Waals surface area contributed by atoms with E-state index in [1.807, 2.05) is 27.7 Å². The molecule has 1 aromatic rings. The van der Waals surface area contributed by atoms with Gasteiger partial charge in [0.15, 0.2) is 5.75 Å². The third kappa shape index (κ3) is 3.56. The van der Waals surface area contributed by atoms with Crippen molar-refractivity contribution in [1.29, 1.82) is 0 Å². The Hall–Kier alpha value is -1.36. The molecule has 0 radical (unpaired) electrons. The first-order valence-corrected chi connectivity index (χ1v) is 5.66. The number of nitrogens with zero attached hydrogens (tertiary/aromatic N) is 2. The van der Waals surface area contributed by atoms with Gasteiger partial charge < -0.3 is 9.47 Å². The van der Waals surface area contributed by atoms with Crippen LogP contribution in [0.4, 0.5) is 0 Å². The van der Waals surface area contributed by atoms with Crippen LogP contribution in [0.5, 0.6) is 5.75 Å². The van der Waals surface area contributed by atoms with Gasteiger partial charge in [0.1, 0.15) is 12.3 Å². The van der Waals surface area contributed by atoms with Crippen LogP contribution in [-0.4, -0.2) is 34.9 Å². The SMILES string of the molecule is CCn1ncc(OC)c1C(=O)COC(C)(C)C. The number of hydrogen-bond acceptors (Lipinski definition) is 4. The zero-order valence-corrected chi connectivity index (χ0v) is 11.1. The van der Waals surface area contributed by atoms with Crippen molar-refractivity contribution in [3.05, 3.63) is 11.9 Å². The summed E-state index contributed by atoms with van der Waals surface area (Å²) in [5.74, 6) is 0.380. The normalized spacial score (nSPS) is 11.6. The van der Waals surface area contributed by atoms with Crippen LogP contribution in [0.25, 0.3) is 0 Å². The van der Waals surface area contributed by atoms with Gasteiger partial charge in [-0.2, -0.15) is 5.10 Å². The fourth-order valence-electron chi connectivity index (χ4n) is 1.39. The van der Waals surface area contributed by atoms with E-state index in [9.17, 15) is 4.79 Å². The van der Waals surface area contributed by atoms with Crippen LogP contribution >= 0.6 is 0 Å². The molecule has 0 aromatic carbocycles. The average molecular weight is 240 g/mol. The minimum Gasteiger partial charge on any atom is -0.493 e. The molecule has 0 fully saturated rings. The molecular weight excluding hydrogens is 220 g/mol. The number of ketones is 1. The first-order valence-electron chi connectivity index (χ1n) is 5.66. The van der Waals surface area contributed by atoms with Crippen molar-refractivity contribution < 1.29 is 14.3 Å². The number of hydrogen-bond donors (Lipinski definition) is 0. The van der Waals surface area contributed by atoms with Gasteiger partial charge >= 0.3 is 0 Å². The molecule has 0 bridgehead atoms. The standard InChI is InChI=1S/C12H20N2O3/c1-6-14-11(10(16-5)7-13-14)9(15)8-17-12(2,3)4/h7H,6,8H2,1-5H3. The third-order valence-electron chi connectivity index (χ3n) is 2.23. The van der Waals surface area contributed by atoms with Crippen LogP contribution in [0.3, 0.4) is 0 Å². The van der Waals surface area contributed by atoms with Crippen LogP contribution in [0.15, 0.2) is 6.20 Å². The lowest BCUT2D eigenvalue weighted by Gasteiger charge is -2.19. The summed E-state index contributed by atoms with van der Waals surface area (Å²) in [5, 5.41) is 4.09. The second kappa shape index (κ2) is 5.31. The molecule has 0 aliphatic rings. The van der Waals surface area contributed by atoms with E-state index in [0.717, 1.165) is 0 Å². The average Bonchev–Trinajstić information content (AvgIpc) is 2.67. The molecule has 5 heteroatoms. The Morgan fingerprint density at radius 3 is 2.59 bits per heavy atom. The highest BCUT2D eigenvalue weighted by molar-refractivity contribution is 5.98. The third-order valence-corrected chi connectivity index (χ3v) is 2.23. The van der Waals surface area contributed by atoms with Gasteiger partial charge in [0.05, 0.1) is 18.9 Å². The summed E-state index contributed by atoms with van der Waals surface area (Å²) in [6, 6.07) is 0. The highest BCUT2D eigenvalue weighted by Crippen LogP contribution is 2.19. The number of aryl methyl sites for hydroxylation is 1. The van der Waals surface area contributed by atoms with Gasteiger partial charge in [0.2, 0.25) is 5.78 Å². The molecule has 0 aliphatic heterocycles. The number of methoxy groups -OCH3 is 1. The Morgan fingerprint density at radius 2 is 2.12 bits per heavy atom. The van der Waals surface area contributed by atoms with Gasteiger partial charge in [0, 0.05) is 6.54 Å². The monoisotopic (exact) mass is 240 g/mol. The molecule has 0 atom stereocenters. The summed E-state index contributed by atoms with van der Waals surface area (Å²) >= 11 is 0. The van der Waals surface area contributed by atoms with Crippen molar-refractivity contribution in [3.63, 3.8) is 0 Å². The van der Waals surface area contributed by atoms with E-state index in [2.05, 4.69) is 5.10 Å². The Bertz CT molecular complexity index is 369. The van der Waals surface area contributed by atoms with Crippen molar-refractivity contribution in [2.24, 2.45) is 0 Å². The number of carbonyl (C=O) groups excluding carboxylic acids is 1. The van der Waals surface area contributed by atoms with E-state index >= 15 is 0 Å². The maximum Gasteiger partial charge on any atom is 0.210 e. The summed E-state index contributed by atoms with van der Waals surface area (Å²) in [6.45, 7) is 8.32. The highest BCUT2D eigenvalue weighted by Gasteiger charge is 2.21. The van der Waals surface area contributed by atoms with E-state index in [-0.39, 0.29) is 18.0 Å². The Labute approximate surface area is 102 Å². The molecular formula is C12H20N2O3. The fraction of sp³-hybridized carbons (Fsp3) is 0.667. The van der Waals surface area contributed by atoms with E-state index in [4.69, 9.17) is 9.47 Å². The zero-order chi connectivity index (χ0) is 13.1. The molecule has 5 nitrogen and oxygen atoms in total. The molecule has 1 aromatic heterocycles. The van der Waals surface area contributed by atoms with Gasteiger partial charge in [0.25, 0.3) is 0 Å². The van der Waals surface area contributed by atoms with Crippen LogP contribution in [0.2, 0.25) is 0 Å². The second-order valence-corrected chi connectivity index (χ2v) is 4.70. The molecule has 1 rings (SSSR count). The molecule has 0 aliphatic carbocycles. The lowest BCUT2D eigenvalue weighted by molar-refractivity contribution is 0.00254. The van der Waals surface area contributed by atoms with Crippen LogP contribution in [0, 0.1) is 0 Å². The highest BCUT2D eigenvalue weighted by atomic mass is 16.5. The van der Waals surface area contributed by atoms with Crippen LogP contribution in [-0.2, 0) is 11.3 Å². The molecule has 0 N–H and O–H groups in total. The molecule has 96 valence electrons. The predicted molar refractivity (Wildman–Crippen MR) is 64.5 cm³/mol. The van der Waals surface area contributed by atoms with Gasteiger partial charge in [-0.1, -0.05) is 0 Å². The van der Waals surface area contributed by atoms with Crippen molar-refractivity contribution in [2.45, 2.75) is 39.8 Å². The number of carbonyl (C=O) groups is 1. The minimum atomic E-state index is -0.333. The maximum atomic E-state index is 12.0. The van der Waals surface area contributed by atoms with Crippen molar-refractivity contribution in [3.8, 4) is 5.75 Å². The second-order valence-electron chi connectivity index (χ2n) is 4.70. The van der Waals surface area contributed by atoms with Gasteiger partial charge in [-0.05, 0) is 27.7 Å². The molecule has 0 saturated heterocycles. The van der Waals surface area contributed by atoms with E-state index in [0.29, 0.717) is 18.0 Å². The number of ether oxygens (including phenoxy) is 2. The van der Waals surface area contributed by atoms with Crippen molar-refractivity contribution in [2.75, 3.05) is 13.7 Å². The minimum absolute atomic E-state index is 0.0333. The van der Waals surface area contributed by atoms with E-state index < -0.39 is 0 Å². The smallest absolute Gasteiger partial charge is 0.210 e. The van der Waals surface area contributed by atoms with Crippen molar-refractivity contribution in [1.82, 2.24) is 9.78 Å². The number of rotatable bonds is 5. The van der Waals surface area contributed by atoms with Crippen LogP contribution < -0.4 is 4.74 Å². The van der Waals surface area contributed by atoms with Crippen LogP contribution in [0.1, 0.15) is 38.2 Å². The first kappa shape index (κ1) is 13.7. The quantitative estimate of drug-likeness (QED) is 0.738. The number of Topliss-reactive ketones (excluding diaryl/α,β-unsaturated/α-hetero) is 1. The van der Waals surface area contributed by atoms with E-state index in [1.54, 1.807) is 10.9 Å². The van der Waals surface area contributed by atoms with Crippen molar-refractivity contribution >= 4 is 5.78 Å². The van der Waals surface area contributed by atoms with Gasteiger partial charge in [-0.3, -0.25) is 9.48 Å². The first-order chi connectivity index (χ1) is 7.89. The Kier molecular flexibility index (Phi) is 4.28. The summed E-state index contributed by atoms with van der Waals surface area (Å²) in [7, 11) is 1.53. The maximum absolute atomic E-state index is 12.0. The molecule has 1 heterocycles. The molecule has 0 unspecified atom stereocenters. The lowest BCUT2D eigenvalue weighted by Crippen LogP contribution is -2.25. The Balaban J connectivity index is 2.84. The lowest BCUT2D eigenvalue weighted by atomic mass is 10.2. The topological polar surface area (TPSA) is 53.4 Å². The van der Waals surface area contributed by atoms with Gasteiger partial charge in [-0.15, -0.1) is 0 Å². The number of aromatic nitrogens is 2. The summed E-state index contributed by atoms with van der Waals surface area (Å²) in [6.07, 6.45) is 1.55. The summed E-state index contributed by atoms with van der Waals surface area (Å²) in [5.41, 5.74) is 0.138. The fourth-order valence-corrected chi connectivity index (χ4v) is 1.39. The zero-order valence-electron chi connectivity index (χ0n) is 11.1. The van der Waals surface area contributed by atoms with E-state index in [1.165, 1.54) is 7.11 Å². The molecule has 0 saturated carbocycles. The summed E-state index contributed by atoms with van der Waals surface area (Å²) in [4.78, 5) is 12.0. The summed E-state index contributed by atoms with van der Waals surface area (Å²) < 4.78 is 12.2. The van der Waals surface area contributed by atoms with Gasteiger partial charge in [-0.25, -0.2) is 0 Å². The molecule has 17 heavy (non-hydrogen) atoms. The predicted octanol–water partition coefficient (Wildman–Crippen LogP) is 1.91. The largest absolute Gasteiger partial charge is 0.493 e. The molecule has 0 spiro atoms. The molecule has 0 amide bonds. The Morgan fingerprint density at radius 1 is 1.47 bits per heavy atom.